The van der Waals surface area contributed by atoms with Gasteiger partial charge in [0.2, 0.25) is 13.6 Å². The molecule has 0 aliphatic rings. The summed E-state index contributed by atoms with van der Waals surface area (Å²) >= 11 is 11.8. The van der Waals surface area contributed by atoms with Crippen LogP contribution >= 0.6 is 31.2 Å². The van der Waals surface area contributed by atoms with Gasteiger partial charge in [-0.15, -0.1) is 0 Å². The molecule has 132 valence electrons. The average molecular weight is 384 g/mol. The highest BCUT2D eigenvalue weighted by molar-refractivity contribution is 7.39. The molecule has 0 aliphatic carbocycles. The second-order valence-corrected chi connectivity index (χ2v) is 7.14. The Balaban J connectivity index is 2.44. The maximum absolute atomic E-state index is 11.6. The minimum absolute atomic E-state index is 0.327. The Kier molecular flexibility index (Phi) is 9.71. The first-order chi connectivity index (χ1) is 10.9. The summed E-state index contributed by atoms with van der Waals surface area (Å²) in [6.45, 7) is 5.52. The van der Waals surface area contributed by atoms with Crippen LogP contribution in [-0.4, -0.2) is 30.2 Å². The SMILES string of the molecule is CCOC(CCCNCc1ccc(Cl)c(Cl)c1)(OCC)[PH](=O)O. The minimum atomic E-state index is -2.96. The van der Waals surface area contributed by atoms with E-state index in [0.717, 1.165) is 5.56 Å². The van der Waals surface area contributed by atoms with Crippen molar-refractivity contribution in [3.05, 3.63) is 33.8 Å². The van der Waals surface area contributed by atoms with Crippen molar-refractivity contribution in [3.8, 4) is 0 Å². The summed E-state index contributed by atoms with van der Waals surface area (Å²) in [5.74, 6) is 0. The number of rotatable bonds is 11. The molecule has 0 radical (unpaired) electrons. The molecular formula is C15H24Cl2NO4P. The molecule has 0 heterocycles. The zero-order chi connectivity index (χ0) is 17.3. The fraction of sp³-hybridized carbons (Fsp3) is 0.600. The predicted molar refractivity (Wildman–Crippen MR) is 94.6 cm³/mol. The molecule has 1 aromatic carbocycles. The zero-order valence-electron chi connectivity index (χ0n) is 13.4. The second-order valence-electron chi connectivity index (χ2n) is 4.95. The molecule has 0 aliphatic heterocycles. The summed E-state index contributed by atoms with van der Waals surface area (Å²) in [6, 6.07) is 5.47. The maximum atomic E-state index is 11.6. The normalized spacial score (nSPS) is 13.3. The summed E-state index contributed by atoms with van der Waals surface area (Å²) in [6.07, 6.45) is 1.01. The van der Waals surface area contributed by atoms with Crippen molar-refractivity contribution in [2.24, 2.45) is 0 Å². The van der Waals surface area contributed by atoms with Crippen LogP contribution in [0.25, 0.3) is 0 Å². The Hall–Kier alpha value is -0.130. The Labute approximate surface area is 148 Å². The Morgan fingerprint density at radius 1 is 1.22 bits per heavy atom. The van der Waals surface area contributed by atoms with E-state index >= 15 is 0 Å². The number of hydrogen-bond acceptors (Lipinski definition) is 4. The van der Waals surface area contributed by atoms with E-state index in [1.165, 1.54) is 0 Å². The molecule has 1 aromatic rings. The first-order valence-electron chi connectivity index (χ1n) is 7.61. The maximum Gasteiger partial charge on any atom is 0.246 e. The first-order valence-corrected chi connectivity index (χ1v) is 9.72. The van der Waals surface area contributed by atoms with E-state index in [9.17, 15) is 9.46 Å². The van der Waals surface area contributed by atoms with Crippen LogP contribution in [-0.2, 0) is 20.6 Å². The predicted octanol–water partition coefficient (Wildman–Crippen LogP) is 4.06. The van der Waals surface area contributed by atoms with E-state index in [2.05, 4.69) is 5.32 Å². The lowest BCUT2D eigenvalue weighted by atomic mass is 10.2. The van der Waals surface area contributed by atoms with Gasteiger partial charge in [0.1, 0.15) is 0 Å². The van der Waals surface area contributed by atoms with Gasteiger partial charge in [-0.25, -0.2) is 0 Å². The minimum Gasteiger partial charge on any atom is -0.343 e. The molecule has 2 N–H and O–H groups in total. The number of nitrogens with one attached hydrogen (secondary N) is 1. The molecule has 0 bridgehead atoms. The third kappa shape index (κ3) is 6.71. The molecule has 8 heteroatoms. The van der Waals surface area contributed by atoms with Gasteiger partial charge >= 0.3 is 0 Å². The van der Waals surface area contributed by atoms with Crippen LogP contribution in [0.4, 0.5) is 0 Å². The van der Waals surface area contributed by atoms with Gasteiger partial charge in [0.05, 0.1) is 10.0 Å². The standard InChI is InChI=1S/C15H24Cl2NO4P/c1-3-21-15(22-4-2,23(19)20)8-5-9-18-11-12-6-7-13(16)14(17)10-12/h6-7,10,18,23H,3-5,8-9,11H2,1-2H3,(H,19,20). The van der Waals surface area contributed by atoms with E-state index in [1.54, 1.807) is 19.9 Å². The quantitative estimate of drug-likeness (QED) is 0.342. The average Bonchev–Trinajstić information content (AvgIpc) is 2.50. The fourth-order valence-electron chi connectivity index (χ4n) is 2.21. The molecular weight excluding hydrogens is 360 g/mol. The summed E-state index contributed by atoms with van der Waals surface area (Å²) in [4.78, 5) is 9.56. The van der Waals surface area contributed by atoms with Gasteiger partial charge in [-0.1, -0.05) is 29.3 Å². The van der Waals surface area contributed by atoms with Crippen molar-refractivity contribution in [1.29, 1.82) is 0 Å². The van der Waals surface area contributed by atoms with Gasteiger partial charge < -0.3 is 19.7 Å². The molecule has 0 fully saturated rings. The first kappa shape index (κ1) is 20.9. The van der Waals surface area contributed by atoms with Crippen molar-refractivity contribution < 1.29 is 18.9 Å². The Morgan fingerprint density at radius 3 is 2.39 bits per heavy atom. The van der Waals surface area contributed by atoms with Crippen molar-refractivity contribution in [2.45, 2.75) is 38.8 Å². The summed E-state index contributed by atoms with van der Waals surface area (Å²) in [7, 11) is -2.96. The number of ether oxygens (including phenoxy) is 2. The number of benzene rings is 1. The molecule has 1 atom stereocenters. The van der Waals surface area contributed by atoms with Crippen LogP contribution in [0.1, 0.15) is 32.3 Å². The third-order valence-electron chi connectivity index (χ3n) is 3.25. The fourth-order valence-corrected chi connectivity index (χ4v) is 3.46. The van der Waals surface area contributed by atoms with Gasteiger partial charge in [-0.05, 0) is 44.5 Å². The Bertz CT molecular complexity index is 510. The van der Waals surface area contributed by atoms with Gasteiger partial charge in [0.25, 0.3) is 0 Å². The van der Waals surface area contributed by atoms with E-state index in [-0.39, 0.29) is 0 Å². The van der Waals surface area contributed by atoms with E-state index < -0.39 is 13.6 Å². The van der Waals surface area contributed by atoms with Crippen molar-refractivity contribution in [1.82, 2.24) is 5.32 Å². The number of halogens is 2. The van der Waals surface area contributed by atoms with Gasteiger partial charge in [0, 0.05) is 26.2 Å². The Morgan fingerprint density at radius 2 is 1.87 bits per heavy atom. The van der Waals surface area contributed by atoms with Crippen molar-refractivity contribution in [3.63, 3.8) is 0 Å². The van der Waals surface area contributed by atoms with E-state index in [1.807, 2.05) is 12.1 Å². The summed E-state index contributed by atoms with van der Waals surface area (Å²) in [5.41, 5.74) is -0.351. The molecule has 1 unspecified atom stereocenters. The van der Waals surface area contributed by atoms with Gasteiger partial charge in [-0.3, -0.25) is 4.57 Å². The molecule has 5 nitrogen and oxygen atoms in total. The summed E-state index contributed by atoms with van der Waals surface area (Å²) in [5, 5.41) is 4.31. The third-order valence-corrected chi connectivity index (χ3v) is 5.18. The molecule has 0 amide bonds. The molecule has 0 saturated carbocycles. The van der Waals surface area contributed by atoms with E-state index in [0.29, 0.717) is 49.2 Å². The summed E-state index contributed by atoms with van der Waals surface area (Å²) < 4.78 is 22.5. The lowest BCUT2D eigenvalue weighted by Gasteiger charge is -2.30. The molecule has 23 heavy (non-hydrogen) atoms. The molecule has 0 saturated heterocycles. The van der Waals surface area contributed by atoms with Crippen LogP contribution in [0.5, 0.6) is 0 Å². The van der Waals surface area contributed by atoms with Crippen molar-refractivity contribution >= 4 is 31.2 Å². The second kappa shape index (κ2) is 10.7. The van der Waals surface area contributed by atoms with Crippen LogP contribution in [0.3, 0.4) is 0 Å². The van der Waals surface area contributed by atoms with Crippen LogP contribution in [0.15, 0.2) is 18.2 Å². The monoisotopic (exact) mass is 383 g/mol. The largest absolute Gasteiger partial charge is 0.343 e. The van der Waals surface area contributed by atoms with Crippen LogP contribution < -0.4 is 5.32 Å². The van der Waals surface area contributed by atoms with Crippen LogP contribution in [0, 0.1) is 0 Å². The lowest BCUT2D eigenvalue weighted by molar-refractivity contribution is -0.180. The topological polar surface area (TPSA) is 67.8 Å². The van der Waals surface area contributed by atoms with Crippen molar-refractivity contribution in [2.75, 3.05) is 19.8 Å². The molecule has 1 rings (SSSR count). The molecule has 0 spiro atoms. The highest BCUT2D eigenvalue weighted by atomic mass is 35.5. The van der Waals surface area contributed by atoms with Gasteiger partial charge in [0.15, 0.2) is 0 Å². The van der Waals surface area contributed by atoms with Crippen LogP contribution in [0.2, 0.25) is 10.0 Å². The zero-order valence-corrected chi connectivity index (χ0v) is 15.9. The highest BCUT2D eigenvalue weighted by Gasteiger charge is 2.37. The lowest BCUT2D eigenvalue weighted by Crippen LogP contribution is -2.33. The smallest absolute Gasteiger partial charge is 0.246 e. The number of hydrogen-bond donors (Lipinski definition) is 2. The van der Waals surface area contributed by atoms with Gasteiger partial charge in [-0.2, -0.15) is 0 Å². The highest BCUT2D eigenvalue weighted by Crippen LogP contribution is 2.41. The molecule has 0 aromatic heterocycles. The van der Waals surface area contributed by atoms with E-state index in [4.69, 9.17) is 32.7 Å².